The van der Waals surface area contributed by atoms with E-state index in [9.17, 15) is 4.79 Å². The molecule has 0 aliphatic heterocycles. The summed E-state index contributed by atoms with van der Waals surface area (Å²) in [5, 5.41) is 1.86. The van der Waals surface area contributed by atoms with Gasteiger partial charge in [-0.3, -0.25) is 0 Å². The van der Waals surface area contributed by atoms with Crippen LogP contribution in [0.5, 0.6) is 11.5 Å². The van der Waals surface area contributed by atoms with Crippen molar-refractivity contribution < 1.29 is 19.0 Å². The number of halogens is 2. The third kappa shape index (κ3) is 4.26. The minimum Gasteiger partial charge on any atom is -0.490 e. The van der Waals surface area contributed by atoms with Crippen molar-refractivity contribution in [3.63, 3.8) is 0 Å². The highest BCUT2D eigenvalue weighted by atomic mass is 79.9. The van der Waals surface area contributed by atoms with Crippen LogP contribution in [0.4, 0.5) is 0 Å². The van der Waals surface area contributed by atoms with E-state index in [0.29, 0.717) is 34.7 Å². The highest BCUT2D eigenvalue weighted by Crippen LogP contribution is 2.32. The average Bonchev–Trinajstić information content (AvgIpc) is 2.65. The molecule has 0 N–H and O–H groups in total. The second-order valence-corrected chi connectivity index (χ2v) is 7.18. The first-order chi connectivity index (χ1) is 12.6. The Kier molecular flexibility index (Phi) is 6.29. The van der Waals surface area contributed by atoms with Crippen molar-refractivity contribution in [3.05, 3.63) is 69.1 Å². The highest BCUT2D eigenvalue weighted by Gasteiger charge is 2.14. The number of fused-ring (bicyclic) bond motifs is 1. The van der Waals surface area contributed by atoms with Crippen molar-refractivity contribution in [2.24, 2.45) is 0 Å². The monoisotopic (exact) mass is 478 g/mol. The molecule has 0 atom stereocenters. The Morgan fingerprint density at radius 2 is 1.62 bits per heavy atom. The van der Waals surface area contributed by atoms with E-state index < -0.39 is 5.97 Å². The third-order valence-electron chi connectivity index (χ3n) is 3.75. The smallest absolute Gasteiger partial charge is 0.343 e. The number of methoxy groups -OCH3 is 1. The Morgan fingerprint density at radius 3 is 2.35 bits per heavy atom. The number of carbonyl (C=O) groups is 1. The lowest BCUT2D eigenvalue weighted by Gasteiger charge is -2.11. The van der Waals surface area contributed by atoms with Crippen molar-refractivity contribution >= 4 is 48.6 Å². The van der Waals surface area contributed by atoms with Crippen LogP contribution in [-0.4, -0.2) is 26.3 Å². The molecule has 0 aromatic heterocycles. The maximum atomic E-state index is 12.6. The highest BCUT2D eigenvalue weighted by molar-refractivity contribution is 9.11. The summed E-state index contributed by atoms with van der Waals surface area (Å²) in [7, 11) is 1.61. The molecule has 0 spiro atoms. The Balaban J connectivity index is 1.80. The summed E-state index contributed by atoms with van der Waals surface area (Å²) in [6.07, 6.45) is 0. The molecular formula is C20H16Br2O4. The fraction of sp³-hybridized carbons (Fsp3) is 0.150. The zero-order valence-corrected chi connectivity index (χ0v) is 17.2. The summed E-state index contributed by atoms with van der Waals surface area (Å²) in [5.41, 5.74) is 0.433. The largest absolute Gasteiger partial charge is 0.490 e. The number of hydrogen-bond donors (Lipinski definition) is 0. The van der Waals surface area contributed by atoms with E-state index in [2.05, 4.69) is 31.9 Å². The SMILES string of the molecule is COCCOc1ccc(C(=O)Oc2ccc(Br)c3ccccc23)cc1Br. The molecule has 6 heteroatoms. The van der Waals surface area contributed by atoms with E-state index in [-0.39, 0.29) is 0 Å². The van der Waals surface area contributed by atoms with E-state index in [4.69, 9.17) is 14.2 Å². The number of carbonyl (C=O) groups excluding carboxylic acids is 1. The molecule has 3 rings (SSSR count). The molecule has 3 aromatic rings. The molecule has 4 nitrogen and oxygen atoms in total. The van der Waals surface area contributed by atoms with Crippen molar-refractivity contribution in [2.45, 2.75) is 0 Å². The molecule has 0 fully saturated rings. The van der Waals surface area contributed by atoms with Crippen LogP contribution >= 0.6 is 31.9 Å². The van der Waals surface area contributed by atoms with Gasteiger partial charge in [0, 0.05) is 17.0 Å². The predicted molar refractivity (Wildman–Crippen MR) is 108 cm³/mol. The first-order valence-electron chi connectivity index (χ1n) is 7.91. The summed E-state index contributed by atoms with van der Waals surface area (Å²) in [6, 6.07) is 16.5. The summed E-state index contributed by atoms with van der Waals surface area (Å²) in [6.45, 7) is 0.927. The fourth-order valence-electron chi connectivity index (χ4n) is 2.46. The molecule has 0 aliphatic carbocycles. The Bertz CT molecular complexity index is 940. The molecule has 0 unspecified atom stereocenters. The Hall–Kier alpha value is -1.89. The Morgan fingerprint density at radius 1 is 0.885 bits per heavy atom. The van der Waals surface area contributed by atoms with Gasteiger partial charge < -0.3 is 14.2 Å². The van der Waals surface area contributed by atoms with Crippen LogP contribution in [0.15, 0.2) is 63.5 Å². The van der Waals surface area contributed by atoms with Gasteiger partial charge in [0.05, 0.1) is 16.6 Å². The van der Waals surface area contributed by atoms with Gasteiger partial charge in [-0.25, -0.2) is 4.79 Å². The molecule has 0 amide bonds. The van der Waals surface area contributed by atoms with Crippen LogP contribution in [0, 0.1) is 0 Å². The van der Waals surface area contributed by atoms with Crippen LogP contribution in [0.1, 0.15) is 10.4 Å². The van der Waals surface area contributed by atoms with E-state index in [0.717, 1.165) is 15.2 Å². The molecule has 0 heterocycles. The van der Waals surface area contributed by atoms with Crippen molar-refractivity contribution in [3.8, 4) is 11.5 Å². The first-order valence-corrected chi connectivity index (χ1v) is 9.49. The fourth-order valence-corrected chi connectivity index (χ4v) is 3.43. The zero-order chi connectivity index (χ0) is 18.5. The van der Waals surface area contributed by atoms with Gasteiger partial charge in [0.2, 0.25) is 0 Å². The van der Waals surface area contributed by atoms with E-state index >= 15 is 0 Å². The molecule has 0 saturated carbocycles. The standard InChI is InChI=1S/C20H16Br2O4/c1-24-10-11-25-19-8-6-13(12-17(19)22)20(23)26-18-9-7-16(21)14-4-2-3-5-15(14)18/h2-9,12H,10-11H2,1H3. The van der Waals surface area contributed by atoms with Crippen molar-refractivity contribution in [1.29, 1.82) is 0 Å². The third-order valence-corrected chi connectivity index (χ3v) is 5.06. The van der Waals surface area contributed by atoms with E-state index in [1.54, 1.807) is 31.4 Å². The lowest BCUT2D eigenvalue weighted by Crippen LogP contribution is -2.09. The molecule has 3 aromatic carbocycles. The van der Waals surface area contributed by atoms with E-state index in [1.807, 2.05) is 30.3 Å². The molecule has 0 saturated heterocycles. The molecule has 134 valence electrons. The minimum atomic E-state index is -0.429. The number of hydrogen-bond acceptors (Lipinski definition) is 4. The van der Waals surface area contributed by atoms with Gasteiger partial charge in [0.1, 0.15) is 18.1 Å². The van der Waals surface area contributed by atoms with Gasteiger partial charge in [-0.15, -0.1) is 0 Å². The Labute approximate surface area is 168 Å². The summed E-state index contributed by atoms with van der Waals surface area (Å²) >= 11 is 6.94. The predicted octanol–water partition coefficient (Wildman–Crippen LogP) is 5.61. The van der Waals surface area contributed by atoms with Gasteiger partial charge in [0.25, 0.3) is 0 Å². The number of benzene rings is 3. The number of rotatable bonds is 6. The normalized spacial score (nSPS) is 10.7. The van der Waals surface area contributed by atoms with Crippen LogP contribution in [0.2, 0.25) is 0 Å². The van der Waals surface area contributed by atoms with Crippen LogP contribution < -0.4 is 9.47 Å². The minimum absolute atomic E-state index is 0.429. The number of ether oxygens (including phenoxy) is 3. The zero-order valence-electron chi connectivity index (χ0n) is 14.0. The molecule has 0 bridgehead atoms. The summed E-state index contributed by atoms with van der Waals surface area (Å²) in [5.74, 6) is 0.736. The first kappa shape index (κ1) is 18.9. The van der Waals surface area contributed by atoms with Crippen LogP contribution in [-0.2, 0) is 4.74 Å². The van der Waals surface area contributed by atoms with Gasteiger partial charge in [0.15, 0.2) is 0 Å². The average molecular weight is 480 g/mol. The summed E-state index contributed by atoms with van der Waals surface area (Å²) in [4.78, 5) is 12.6. The quantitative estimate of drug-likeness (QED) is 0.262. The molecule has 0 aliphatic rings. The lowest BCUT2D eigenvalue weighted by molar-refractivity contribution is 0.0737. The topological polar surface area (TPSA) is 44.8 Å². The lowest BCUT2D eigenvalue weighted by atomic mass is 10.1. The van der Waals surface area contributed by atoms with E-state index in [1.165, 1.54) is 0 Å². The number of esters is 1. The molecular weight excluding hydrogens is 464 g/mol. The summed E-state index contributed by atoms with van der Waals surface area (Å²) < 4.78 is 17.8. The maximum Gasteiger partial charge on any atom is 0.343 e. The van der Waals surface area contributed by atoms with Crippen LogP contribution in [0.25, 0.3) is 10.8 Å². The second-order valence-electron chi connectivity index (χ2n) is 5.47. The van der Waals surface area contributed by atoms with Crippen LogP contribution in [0.3, 0.4) is 0 Å². The van der Waals surface area contributed by atoms with Gasteiger partial charge in [-0.2, -0.15) is 0 Å². The molecule has 0 radical (unpaired) electrons. The van der Waals surface area contributed by atoms with Crippen molar-refractivity contribution in [2.75, 3.05) is 20.3 Å². The second kappa shape index (κ2) is 8.66. The maximum absolute atomic E-state index is 12.6. The molecule has 26 heavy (non-hydrogen) atoms. The van der Waals surface area contributed by atoms with Gasteiger partial charge in [-0.1, -0.05) is 40.2 Å². The van der Waals surface area contributed by atoms with Gasteiger partial charge in [-0.05, 0) is 51.6 Å². The van der Waals surface area contributed by atoms with Gasteiger partial charge >= 0.3 is 5.97 Å². The van der Waals surface area contributed by atoms with Crippen molar-refractivity contribution in [1.82, 2.24) is 0 Å².